The van der Waals surface area contributed by atoms with E-state index in [0.29, 0.717) is 12.1 Å². The number of allylic oxidation sites excluding steroid dienone is 2. The minimum absolute atomic E-state index is 0.510. The van der Waals surface area contributed by atoms with Gasteiger partial charge in [0.2, 0.25) is 0 Å². The third kappa shape index (κ3) is 4.76. The fraction of sp³-hybridized carbons (Fsp3) is 0.571. The van der Waals surface area contributed by atoms with Crippen molar-refractivity contribution in [2.45, 2.75) is 78.3 Å². The molecule has 0 saturated carbocycles. The van der Waals surface area contributed by atoms with Crippen molar-refractivity contribution in [1.82, 2.24) is 0 Å². The smallest absolute Gasteiger partial charge is 0.153 e. The molecular weight excluding hydrogens is 285 g/mol. The number of hydrogen-bond donors (Lipinski definition) is 0. The maximum atomic E-state index is 14.1. The molecule has 0 amide bonds. The molecule has 0 saturated heterocycles. The Morgan fingerprint density at radius 3 is 2.35 bits per heavy atom. The molecule has 0 N–H and O–H groups in total. The molecule has 1 atom stereocenters. The van der Waals surface area contributed by atoms with Crippen molar-refractivity contribution in [3.8, 4) is 0 Å². The highest BCUT2D eigenvalue weighted by Crippen LogP contribution is 2.42. The van der Waals surface area contributed by atoms with Crippen LogP contribution in [-0.2, 0) is 6.42 Å². The third-order valence-corrected chi connectivity index (χ3v) is 4.72. The molecule has 23 heavy (non-hydrogen) atoms. The van der Waals surface area contributed by atoms with Crippen LogP contribution < -0.4 is 0 Å². The number of hydrogen-bond acceptors (Lipinski definition) is 1. The average molecular weight is 315 g/mol. The van der Waals surface area contributed by atoms with E-state index in [2.05, 4.69) is 36.2 Å². The summed E-state index contributed by atoms with van der Waals surface area (Å²) in [5, 5.41) is 0. The molecule has 0 heterocycles. The van der Waals surface area contributed by atoms with Gasteiger partial charge in [0.1, 0.15) is 0 Å². The molecule has 2 heteroatoms. The lowest BCUT2D eigenvalue weighted by Gasteiger charge is -2.33. The largest absolute Gasteiger partial charge is 0.254 e. The molecule has 0 bridgehead atoms. The van der Waals surface area contributed by atoms with Gasteiger partial charge >= 0.3 is 0 Å². The number of nitrogens with zero attached hydrogens (tertiary/aromatic N) is 1. The first-order valence-electron chi connectivity index (χ1n) is 8.98. The van der Waals surface area contributed by atoms with Crippen LogP contribution in [0.5, 0.6) is 0 Å². The van der Waals surface area contributed by atoms with Gasteiger partial charge in [0.25, 0.3) is 0 Å². The summed E-state index contributed by atoms with van der Waals surface area (Å²) in [4.78, 5) is 4.53. The number of alkyl halides is 1. The predicted octanol–water partition coefficient (Wildman–Crippen LogP) is 6.41. The summed E-state index contributed by atoms with van der Waals surface area (Å²) in [7, 11) is 0. The number of halogens is 1. The van der Waals surface area contributed by atoms with E-state index >= 15 is 0 Å². The molecule has 1 unspecified atom stereocenters. The Morgan fingerprint density at radius 1 is 1.13 bits per heavy atom. The van der Waals surface area contributed by atoms with Crippen LogP contribution >= 0.6 is 0 Å². The van der Waals surface area contributed by atoms with E-state index in [4.69, 9.17) is 0 Å². The van der Waals surface area contributed by atoms with Gasteiger partial charge in [-0.25, -0.2) is 4.39 Å². The van der Waals surface area contributed by atoms with Crippen molar-refractivity contribution in [2.24, 2.45) is 4.99 Å². The average Bonchev–Trinajstić information content (AvgIpc) is 2.52. The Morgan fingerprint density at radius 2 is 1.78 bits per heavy atom. The number of unbranched alkanes of at least 4 members (excludes halogenated alkanes) is 4. The maximum Gasteiger partial charge on any atom is 0.153 e. The number of aryl methyl sites for hydroxylation is 1. The van der Waals surface area contributed by atoms with Crippen LogP contribution in [0.25, 0.3) is 0 Å². The van der Waals surface area contributed by atoms with Crippen molar-refractivity contribution in [3.63, 3.8) is 0 Å². The van der Waals surface area contributed by atoms with Crippen molar-refractivity contribution >= 4 is 5.71 Å². The van der Waals surface area contributed by atoms with Gasteiger partial charge in [-0.15, -0.1) is 0 Å². The van der Waals surface area contributed by atoms with Crippen LogP contribution in [0.2, 0.25) is 0 Å². The van der Waals surface area contributed by atoms with Crippen LogP contribution in [-0.4, -0.2) is 11.4 Å². The molecule has 1 nitrogen and oxygen atoms in total. The van der Waals surface area contributed by atoms with Crippen LogP contribution in [0.15, 0.2) is 40.5 Å². The van der Waals surface area contributed by atoms with Gasteiger partial charge in [-0.3, -0.25) is 4.99 Å². The van der Waals surface area contributed by atoms with E-state index in [-0.39, 0.29) is 0 Å². The molecule has 1 aromatic rings. The molecular formula is C21H30FN. The van der Waals surface area contributed by atoms with Crippen LogP contribution in [0.3, 0.4) is 0 Å². The van der Waals surface area contributed by atoms with Crippen LogP contribution in [0.4, 0.5) is 4.39 Å². The Balaban J connectivity index is 1.93. The predicted molar refractivity (Wildman–Crippen MR) is 97.9 cm³/mol. The zero-order valence-corrected chi connectivity index (χ0v) is 15.1. The molecule has 0 spiro atoms. The van der Waals surface area contributed by atoms with Crippen LogP contribution in [0, 0.1) is 0 Å². The van der Waals surface area contributed by atoms with Gasteiger partial charge in [0, 0.05) is 12.1 Å². The lowest BCUT2D eigenvalue weighted by molar-refractivity contribution is 0.202. The first-order valence-corrected chi connectivity index (χ1v) is 8.98. The SMILES string of the molecule is CCCCCCCc1ccc(/C(C)=N/C2=C(C)CC2(C)F)cc1. The Labute approximate surface area is 140 Å². The fourth-order valence-corrected chi connectivity index (χ4v) is 3.29. The lowest BCUT2D eigenvalue weighted by Crippen LogP contribution is -2.31. The van der Waals surface area contributed by atoms with Gasteiger partial charge in [-0.2, -0.15) is 0 Å². The second-order valence-electron chi connectivity index (χ2n) is 7.06. The molecule has 0 fully saturated rings. The topological polar surface area (TPSA) is 12.4 Å². The molecule has 126 valence electrons. The second kappa shape index (κ2) is 7.90. The second-order valence-corrected chi connectivity index (χ2v) is 7.06. The van der Waals surface area contributed by atoms with E-state index in [1.807, 2.05) is 13.8 Å². The third-order valence-electron chi connectivity index (χ3n) is 4.72. The molecule has 2 rings (SSSR count). The highest BCUT2D eigenvalue weighted by molar-refractivity contribution is 5.99. The highest BCUT2D eigenvalue weighted by atomic mass is 19.1. The quantitative estimate of drug-likeness (QED) is 0.388. The molecule has 1 aromatic carbocycles. The zero-order chi connectivity index (χ0) is 16.9. The van der Waals surface area contributed by atoms with E-state index in [0.717, 1.165) is 23.3 Å². The summed E-state index contributed by atoms with van der Waals surface area (Å²) in [6, 6.07) is 8.60. The Hall–Kier alpha value is -1.44. The normalized spacial score (nSPS) is 21.5. The molecule has 1 aliphatic carbocycles. The summed E-state index contributed by atoms with van der Waals surface area (Å²) in [5.74, 6) is 0. The van der Waals surface area contributed by atoms with E-state index in [1.165, 1.54) is 37.7 Å². The van der Waals surface area contributed by atoms with E-state index in [1.54, 1.807) is 6.92 Å². The van der Waals surface area contributed by atoms with Crippen molar-refractivity contribution in [1.29, 1.82) is 0 Å². The van der Waals surface area contributed by atoms with E-state index < -0.39 is 5.67 Å². The van der Waals surface area contributed by atoms with Crippen molar-refractivity contribution < 1.29 is 4.39 Å². The summed E-state index contributed by atoms with van der Waals surface area (Å²) in [6.45, 7) is 7.80. The standard InChI is InChI=1S/C21H30FN/c1-5-6-7-8-9-10-18-11-13-19(14-12-18)17(3)23-20-16(2)15-21(20,4)22/h11-14H,5-10,15H2,1-4H3/b23-17+. The van der Waals surface area contributed by atoms with Gasteiger partial charge in [0.05, 0.1) is 5.70 Å². The van der Waals surface area contributed by atoms with Crippen molar-refractivity contribution in [2.75, 3.05) is 0 Å². The highest BCUT2D eigenvalue weighted by Gasteiger charge is 2.39. The monoisotopic (exact) mass is 315 g/mol. The number of benzene rings is 1. The minimum Gasteiger partial charge on any atom is -0.254 e. The van der Waals surface area contributed by atoms with Gasteiger partial charge in [-0.05, 0) is 50.3 Å². The minimum atomic E-state index is -1.25. The Bertz CT molecular complexity index is 578. The number of rotatable bonds is 8. The first-order chi connectivity index (χ1) is 10.9. The molecule has 0 radical (unpaired) electrons. The maximum absolute atomic E-state index is 14.1. The summed E-state index contributed by atoms with van der Waals surface area (Å²) in [5.41, 5.74) is 3.81. The molecule has 0 aromatic heterocycles. The van der Waals surface area contributed by atoms with Crippen molar-refractivity contribution in [3.05, 3.63) is 46.7 Å². The van der Waals surface area contributed by atoms with Gasteiger partial charge in [0.15, 0.2) is 5.67 Å². The molecule has 1 aliphatic rings. The summed E-state index contributed by atoms with van der Waals surface area (Å²) >= 11 is 0. The lowest BCUT2D eigenvalue weighted by atomic mass is 9.82. The molecule has 0 aliphatic heterocycles. The fourth-order valence-electron chi connectivity index (χ4n) is 3.29. The summed E-state index contributed by atoms with van der Waals surface area (Å²) < 4.78 is 14.1. The Kier molecular flexibility index (Phi) is 6.15. The van der Waals surface area contributed by atoms with E-state index in [9.17, 15) is 4.39 Å². The zero-order valence-electron chi connectivity index (χ0n) is 15.1. The van der Waals surface area contributed by atoms with Gasteiger partial charge in [-0.1, -0.05) is 56.9 Å². The van der Waals surface area contributed by atoms with Gasteiger partial charge < -0.3 is 0 Å². The first kappa shape index (κ1) is 17.9. The summed E-state index contributed by atoms with van der Waals surface area (Å²) in [6.07, 6.45) is 8.22. The number of aliphatic imine (C=N–C) groups is 1. The van der Waals surface area contributed by atoms with Crippen LogP contribution in [0.1, 0.15) is 77.3 Å².